The van der Waals surface area contributed by atoms with Gasteiger partial charge in [0.2, 0.25) is 5.89 Å². The standard InChI is InChI=1S/C11H13N3O/c1-7-5-12-6-8(7)11-14-10-9(15-11)3-2-4-13-10/h2-4,7-8,12H,5-6H2,1H3/t7-,8-/m1/s1. The van der Waals surface area contributed by atoms with Crippen molar-refractivity contribution in [3.63, 3.8) is 0 Å². The van der Waals surface area contributed by atoms with Crippen LogP contribution >= 0.6 is 0 Å². The Morgan fingerprint density at radius 2 is 2.40 bits per heavy atom. The van der Waals surface area contributed by atoms with Crippen LogP contribution in [0.25, 0.3) is 11.2 Å². The highest BCUT2D eigenvalue weighted by Crippen LogP contribution is 2.28. The van der Waals surface area contributed by atoms with Crippen LogP contribution in [0.2, 0.25) is 0 Å². The third-order valence-corrected chi connectivity index (χ3v) is 3.02. The van der Waals surface area contributed by atoms with Crippen molar-refractivity contribution in [2.24, 2.45) is 5.92 Å². The molecule has 0 bridgehead atoms. The number of oxazole rings is 1. The number of aromatic nitrogens is 2. The SMILES string of the molecule is C[C@@H]1CNC[C@H]1c1nc2ncccc2o1. The molecule has 0 aliphatic carbocycles. The van der Waals surface area contributed by atoms with E-state index in [1.54, 1.807) is 6.20 Å². The maximum absolute atomic E-state index is 5.71. The summed E-state index contributed by atoms with van der Waals surface area (Å²) in [5, 5.41) is 3.34. The average molecular weight is 203 g/mol. The monoisotopic (exact) mass is 203 g/mol. The van der Waals surface area contributed by atoms with E-state index in [4.69, 9.17) is 4.42 Å². The number of hydrogen-bond acceptors (Lipinski definition) is 4. The Balaban J connectivity index is 2.04. The zero-order valence-corrected chi connectivity index (χ0v) is 8.60. The molecule has 1 N–H and O–H groups in total. The topological polar surface area (TPSA) is 51.0 Å². The first-order chi connectivity index (χ1) is 7.34. The molecular formula is C11H13N3O. The van der Waals surface area contributed by atoms with E-state index in [0.717, 1.165) is 24.6 Å². The van der Waals surface area contributed by atoms with Gasteiger partial charge >= 0.3 is 0 Å². The van der Waals surface area contributed by atoms with E-state index in [1.807, 2.05) is 12.1 Å². The molecule has 0 amide bonds. The van der Waals surface area contributed by atoms with E-state index in [1.165, 1.54) is 0 Å². The van der Waals surface area contributed by atoms with Gasteiger partial charge in [0.25, 0.3) is 0 Å². The number of nitrogens with zero attached hydrogens (tertiary/aromatic N) is 2. The molecule has 1 fully saturated rings. The van der Waals surface area contributed by atoms with E-state index < -0.39 is 0 Å². The molecule has 0 aromatic carbocycles. The first-order valence-electron chi connectivity index (χ1n) is 5.27. The van der Waals surface area contributed by atoms with Crippen molar-refractivity contribution < 1.29 is 4.42 Å². The van der Waals surface area contributed by atoms with Gasteiger partial charge in [-0.1, -0.05) is 6.92 Å². The van der Waals surface area contributed by atoms with Crippen molar-refractivity contribution in [3.8, 4) is 0 Å². The second-order valence-corrected chi connectivity index (χ2v) is 4.12. The largest absolute Gasteiger partial charge is 0.439 e. The molecule has 3 heterocycles. The van der Waals surface area contributed by atoms with Gasteiger partial charge in [0.15, 0.2) is 11.2 Å². The quantitative estimate of drug-likeness (QED) is 0.764. The Kier molecular flexibility index (Phi) is 1.95. The van der Waals surface area contributed by atoms with Crippen LogP contribution in [0.1, 0.15) is 18.7 Å². The van der Waals surface area contributed by atoms with Gasteiger partial charge in [-0.05, 0) is 24.6 Å². The maximum Gasteiger partial charge on any atom is 0.201 e. The summed E-state index contributed by atoms with van der Waals surface area (Å²) in [6, 6.07) is 3.78. The summed E-state index contributed by atoms with van der Waals surface area (Å²) < 4.78 is 5.71. The smallest absolute Gasteiger partial charge is 0.201 e. The highest BCUT2D eigenvalue weighted by molar-refractivity contribution is 5.67. The molecule has 3 rings (SSSR count). The lowest BCUT2D eigenvalue weighted by Gasteiger charge is -2.08. The van der Waals surface area contributed by atoms with Crippen LogP contribution in [-0.4, -0.2) is 23.1 Å². The van der Waals surface area contributed by atoms with Crippen molar-refractivity contribution in [1.29, 1.82) is 0 Å². The molecule has 0 radical (unpaired) electrons. The predicted octanol–water partition coefficient (Wildman–Crippen LogP) is 1.55. The van der Waals surface area contributed by atoms with Crippen LogP contribution < -0.4 is 5.32 Å². The van der Waals surface area contributed by atoms with Gasteiger partial charge in [0, 0.05) is 12.7 Å². The molecule has 2 aromatic heterocycles. The Labute approximate surface area is 87.7 Å². The van der Waals surface area contributed by atoms with E-state index in [0.29, 0.717) is 17.5 Å². The molecule has 1 aliphatic heterocycles. The summed E-state index contributed by atoms with van der Waals surface area (Å²) in [6.07, 6.45) is 1.74. The van der Waals surface area contributed by atoms with Crippen LogP contribution in [0.3, 0.4) is 0 Å². The summed E-state index contributed by atoms with van der Waals surface area (Å²) in [5.41, 5.74) is 1.50. The van der Waals surface area contributed by atoms with Gasteiger partial charge in [-0.3, -0.25) is 0 Å². The number of hydrogen-bond donors (Lipinski definition) is 1. The molecule has 15 heavy (non-hydrogen) atoms. The summed E-state index contributed by atoms with van der Waals surface area (Å²) >= 11 is 0. The lowest BCUT2D eigenvalue weighted by Crippen LogP contribution is -2.08. The normalized spacial score (nSPS) is 26.2. The van der Waals surface area contributed by atoms with E-state index in [9.17, 15) is 0 Å². The minimum atomic E-state index is 0.388. The Bertz CT molecular complexity index is 446. The van der Waals surface area contributed by atoms with Crippen LogP contribution in [0.15, 0.2) is 22.7 Å². The van der Waals surface area contributed by atoms with Gasteiger partial charge in [0.1, 0.15) is 0 Å². The van der Waals surface area contributed by atoms with E-state index in [2.05, 4.69) is 22.2 Å². The highest BCUT2D eigenvalue weighted by atomic mass is 16.3. The fraction of sp³-hybridized carbons (Fsp3) is 0.455. The van der Waals surface area contributed by atoms with Gasteiger partial charge in [0.05, 0.1) is 5.92 Å². The molecule has 0 saturated carbocycles. The molecule has 1 aliphatic rings. The Morgan fingerprint density at radius 1 is 1.47 bits per heavy atom. The molecule has 0 spiro atoms. The number of nitrogens with one attached hydrogen (secondary N) is 1. The fourth-order valence-electron chi connectivity index (χ4n) is 2.08. The molecule has 4 heteroatoms. The van der Waals surface area contributed by atoms with E-state index in [-0.39, 0.29) is 0 Å². The van der Waals surface area contributed by atoms with Crippen LogP contribution in [0.4, 0.5) is 0 Å². The minimum absolute atomic E-state index is 0.388. The average Bonchev–Trinajstić information content (AvgIpc) is 2.82. The molecular weight excluding hydrogens is 190 g/mol. The Morgan fingerprint density at radius 3 is 3.13 bits per heavy atom. The molecule has 2 aromatic rings. The summed E-state index contributed by atoms with van der Waals surface area (Å²) in [6.45, 7) is 4.21. The van der Waals surface area contributed by atoms with Crippen molar-refractivity contribution in [2.45, 2.75) is 12.8 Å². The third kappa shape index (κ3) is 1.41. The molecule has 0 unspecified atom stereocenters. The molecule has 1 saturated heterocycles. The highest BCUT2D eigenvalue weighted by Gasteiger charge is 2.28. The molecule has 78 valence electrons. The number of pyridine rings is 1. The number of fused-ring (bicyclic) bond motifs is 1. The van der Waals surface area contributed by atoms with Crippen molar-refractivity contribution in [1.82, 2.24) is 15.3 Å². The zero-order chi connectivity index (χ0) is 10.3. The van der Waals surface area contributed by atoms with E-state index >= 15 is 0 Å². The fourth-order valence-corrected chi connectivity index (χ4v) is 2.08. The van der Waals surface area contributed by atoms with Gasteiger partial charge < -0.3 is 9.73 Å². The van der Waals surface area contributed by atoms with Crippen LogP contribution in [-0.2, 0) is 0 Å². The van der Waals surface area contributed by atoms with Crippen molar-refractivity contribution >= 4 is 11.2 Å². The second-order valence-electron chi connectivity index (χ2n) is 4.12. The Hall–Kier alpha value is -1.42. The predicted molar refractivity (Wildman–Crippen MR) is 56.6 cm³/mol. The van der Waals surface area contributed by atoms with Gasteiger partial charge in [-0.2, -0.15) is 4.98 Å². The molecule has 4 nitrogen and oxygen atoms in total. The third-order valence-electron chi connectivity index (χ3n) is 3.02. The maximum atomic E-state index is 5.71. The zero-order valence-electron chi connectivity index (χ0n) is 8.60. The summed E-state index contributed by atoms with van der Waals surface area (Å²) in [4.78, 5) is 8.60. The summed E-state index contributed by atoms with van der Waals surface area (Å²) in [7, 11) is 0. The lowest BCUT2D eigenvalue weighted by atomic mass is 9.98. The first-order valence-corrected chi connectivity index (χ1v) is 5.27. The van der Waals surface area contributed by atoms with Gasteiger partial charge in [-0.25, -0.2) is 4.98 Å². The molecule has 2 atom stereocenters. The van der Waals surface area contributed by atoms with Crippen molar-refractivity contribution in [3.05, 3.63) is 24.2 Å². The lowest BCUT2D eigenvalue weighted by molar-refractivity contribution is 0.435. The van der Waals surface area contributed by atoms with Crippen LogP contribution in [0, 0.1) is 5.92 Å². The van der Waals surface area contributed by atoms with Crippen LogP contribution in [0.5, 0.6) is 0 Å². The number of rotatable bonds is 1. The van der Waals surface area contributed by atoms with Gasteiger partial charge in [-0.15, -0.1) is 0 Å². The van der Waals surface area contributed by atoms with Crippen molar-refractivity contribution in [2.75, 3.05) is 13.1 Å². The second kappa shape index (κ2) is 3.31. The first kappa shape index (κ1) is 8.85. The minimum Gasteiger partial charge on any atom is -0.439 e. The summed E-state index contributed by atoms with van der Waals surface area (Å²) in [5.74, 6) is 1.79.